The molecule has 1 aromatic carbocycles. The summed E-state index contributed by atoms with van der Waals surface area (Å²) in [5.41, 5.74) is 5.74. The van der Waals surface area contributed by atoms with Crippen LogP contribution in [0.25, 0.3) is 0 Å². The standard InChI is InChI=1S/C12H16N2O3/c13-6-10(7-1-2-7)14-12(17)9-4-3-8(15)5-11(9)16/h3-5,7,10,15-16H,1-2,6,13H2,(H,14,17). The minimum Gasteiger partial charge on any atom is -0.508 e. The molecule has 1 amide bonds. The fourth-order valence-corrected chi connectivity index (χ4v) is 1.83. The summed E-state index contributed by atoms with van der Waals surface area (Å²) in [6.07, 6.45) is 2.17. The van der Waals surface area contributed by atoms with Gasteiger partial charge in [-0.2, -0.15) is 0 Å². The molecular weight excluding hydrogens is 220 g/mol. The lowest BCUT2D eigenvalue weighted by molar-refractivity contribution is 0.0931. The first kappa shape index (κ1) is 11.7. The highest BCUT2D eigenvalue weighted by Crippen LogP contribution is 2.32. The average molecular weight is 236 g/mol. The summed E-state index contributed by atoms with van der Waals surface area (Å²) < 4.78 is 0. The molecule has 0 aliphatic heterocycles. The molecule has 17 heavy (non-hydrogen) atoms. The Balaban J connectivity index is 2.08. The molecule has 0 spiro atoms. The van der Waals surface area contributed by atoms with E-state index < -0.39 is 0 Å². The number of nitrogens with one attached hydrogen (secondary N) is 1. The van der Waals surface area contributed by atoms with Gasteiger partial charge in [0.1, 0.15) is 11.5 Å². The largest absolute Gasteiger partial charge is 0.508 e. The van der Waals surface area contributed by atoms with Crippen molar-refractivity contribution < 1.29 is 15.0 Å². The number of rotatable bonds is 4. The van der Waals surface area contributed by atoms with Crippen molar-refractivity contribution >= 4 is 5.91 Å². The van der Waals surface area contributed by atoms with Gasteiger partial charge in [-0.15, -0.1) is 0 Å². The van der Waals surface area contributed by atoms with Crippen molar-refractivity contribution in [3.63, 3.8) is 0 Å². The maximum Gasteiger partial charge on any atom is 0.255 e. The summed E-state index contributed by atoms with van der Waals surface area (Å²) in [5.74, 6) is -0.196. The van der Waals surface area contributed by atoms with E-state index in [2.05, 4.69) is 5.32 Å². The highest BCUT2D eigenvalue weighted by atomic mass is 16.3. The van der Waals surface area contributed by atoms with Crippen LogP contribution < -0.4 is 11.1 Å². The topological polar surface area (TPSA) is 95.6 Å². The second-order valence-electron chi connectivity index (χ2n) is 4.35. The van der Waals surface area contributed by atoms with Crippen molar-refractivity contribution in [3.05, 3.63) is 23.8 Å². The van der Waals surface area contributed by atoms with Crippen molar-refractivity contribution in [3.8, 4) is 11.5 Å². The molecule has 1 aliphatic rings. The zero-order valence-electron chi connectivity index (χ0n) is 9.39. The molecule has 0 heterocycles. The van der Waals surface area contributed by atoms with Gasteiger partial charge in [0.15, 0.2) is 0 Å². The normalized spacial score (nSPS) is 16.5. The Kier molecular flexibility index (Phi) is 3.19. The molecule has 5 heteroatoms. The van der Waals surface area contributed by atoms with Crippen LogP contribution in [-0.4, -0.2) is 28.7 Å². The molecule has 0 aromatic heterocycles. The third-order valence-corrected chi connectivity index (χ3v) is 2.99. The molecule has 0 saturated heterocycles. The SMILES string of the molecule is NCC(NC(=O)c1ccc(O)cc1O)C1CC1. The zero-order valence-corrected chi connectivity index (χ0v) is 9.39. The van der Waals surface area contributed by atoms with Crippen LogP contribution in [0.5, 0.6) is 11.5 Å². The van der Waals surface area contributed by atoms with Crippen LogP contribution in [0.15, 0.2) is 18.2 Å². The lowest BCUT2D eigenvalue weighted by Crippen LogP contribution is -2.41. The number of aromatic hydroxyl groups is 2. The van der Waals surface area contributed by atoms with E-state index in [1.54, 1.807) is 0 Å². The average Bonchev–Trinajstić information content (AvgIpc) is 3.09. The Hall–Kier alpha value is -1.75. The number of benzene rings is 1. The molecule has 1 aromatic rings. The highest BCUT2D eigenvalue weighted by molar-refractivity contribution is 5.97. The number of carbonyl (C=O) groups is 1. The Morgan fingerprint density at radius 2 is 2.18 bits per heavy atom. The second kappa shape index (κ2) is 4.63. The minimum atomic E-state index is -0.357. The Bertz CT molecular complexity index is 430. The summed E-state index contributed by atoms with van der Waals surface area (Å²) in [5, 5.41) is 21.5. The summed E-state index contributed by atoms with van der Waals surface area (Å²) in [4.78, 5) is 11.9. The second-order valence-corrected chi connectivity index (χ2v) is 4.35. The Labute approximate surface area is 99.3 Å². The van der Waals surface area contributed by atoms with Crippen LogP contribution in [0.2, 0.25) is 0 Å². The Morgan fingerprint density at radius 1 is 1.47 bits per heavy atom. The number of amides is 1. The lowest BCUT2D eigenvalue weighted by Gasteiger charge is -2.16. The number of carbonyl (C=O) groups excluding carboxylic acids is 1. The molecule has 1 unspecified atom stereocenters. The molecule has 0 bridgehead atoms. The maximum absolute atomic E-state index is 11.9. The molecular formula is C12H16N2O3. The lowest BCUT2D eigenvalue weighted by atomic mass is 10.1. The van der Waals surface area contributed by atoms with E-state index in [4.69, 9.17) is 10.8 Å². The molecule has 1 fully saturated rings. The summed E-state index contributed by atoms with van der Waals surface area (Å²) >= 11 is 0. The van der Waals surface area contributed by atoms with Crippen molar-refractivity contribution in [1.82, 2.24) is 5.32 Å². The highest BCUT2D eigenvalue weighted by Gasteiger charge is 2.31. The zero-order chi connectivity index (χ0) is 12.4. The molecule has 5 N–H and O–H groups in total. The molecule has 2 rings (SSSR count). The number of phenols is 2. The molecule has 92 valence electrons. The molecule has 0 radical (unpaired) electrons. The fraction of sp³-hybridized carbons (Fsp3) is 0.417. The van der Waals surface area contributed by atoms with E-state index in [1.807, 2.05) is 0 Å². The first-order valence-corrected chi connectivity index (χ1v) is 5.64. The molecule has 5 nitrogen and oxygen atoms in total. The van der Waals surface area contributed by atoms with Gasteiger partial charge in [-0.25, -0.2) is 0 Å². The van der Waals surface area contributed by atoms with Crippen molar-refractivity contribution in [2.24, 2.45) is 11.7 Å². The van der Waals surface area contributed by atoms with Crippen molar-refractivity contribution in [2.45, 2.75) is 18.9 Å². The first-order valence-electron chi connectivity index (χ1n) is 5.64. The first-order chi connectivity index (χ1) is 8.11. The summed E-state index contributed by atoms with van der Waals surface area (Å²) in [6.45, 7) is 0.398. The summed E-state index contributed by atoms with van der Waals surface area (Å²) in [7, 11) is 0. The predicted octanol–water partition coefficient (Wildman–Crippen LogP) is 0.565. The van der Waals surface area contributed by atoms with Gasteiger partial charge in [-0.1, -0.05) is 0 Å². The van der Waals surface area contributed by atoms with Crippen LogP contribution in [0.1, 0.15) is 23.2 Å². The van der Waals surface area contributed by atoms with E-state index in [9.17, 15) is 9.90 Å². The van der Waals surface area contributed by atoms with Gasteiger partial charge in [-0.05, 0) is 30.9 Å². The van der Waals surface area contributed by atoms with E-state index in [-0.39, 0.29) is 29.0 Å². The maximum atomic E-state index is 11.9. The molecule has 1 aliphatic carbocycles. The van der Waals surface area contributed by atoms with Gasteiger partial charge in [0, 0.05) is 18.7 Å². The van der Waals surface area contributed by atoms with Crippen molar-refractivity contribution in [2.75, 3.05) is 6.54 Å². The number of phenolic OH excluding ortho intramolecular Hbond substituents is 2. The van der Waals surface area contributed by atoms with Gasteiger partial charge < -0.3 is 21.3 Å². The van der Waals surface area contributed by atoms with E-state index in [0.29, 0.717) is 12.5 Å². The van der Waals surface area contributed by atoms with E-state index in [0.717, 1.165) is 18.9 Å². The van der Waals surface area contributed by atoms with Gasteiger partial charge in [-0.3, -0.25) is 4.79 Å². The van der Waals surface area contributed by atoms with Crippen LogP contribution in [0.3, 0.4) is 0 Å². The predicted molar refractivity (Wildman–Crippen MR) is 62.8 cm³/mol. The third-order valence-electron chi connectivity index (χ3n) is 2.99. The number of hydrogen-bond donors (Lipinski definition) is 4. The van der Waals surface area contributed by atoms with Crippen molar-refractivity contribution in [1.29, 1.82) is 0 Å². The van der Waals surface area contributed by atoms with Gasteiger partial charge >= 0.3 is 0 Å². The fourth-order valence-electron chi connectivity index (χ4n) is 1.83. The monoisotopic (exact) mass is 236 g/mol. The third kappa shape index (κ3) is 2.68. The smallest absolute Gasteiger partial charge is 0.255 e. The number of nitrogens with two attached hydrogens (primary N) is 1. The Morgan fingerprint density at radius 3 is 2.71 bits per heavy atom. The number of hydrogen-bond acceptors (Lipinski definition) is 4. The van der Waals surface area contributed by atoms with Crippen LogP contribution in [0.4, 0.5) is 0 Å². The van der Waals surface area contributed by atoms with Gasteiger partial charge in [0.05, 0.1) is 5.56 Å². The van der Waals surface area contributed by atoms with Crippen LogP contribution >= 0.6 is 0 Å². The molecule has 1 saturated carbocycles. The van der Waals surface area contributed by atoms with Gasteiger partial charge in [0.2, 0.25) is 0 Å². The quantitative estimate of drug-likeness (QED) is 0.614. The van der Waals surface area contributed by atoms with Crippen LogP contribution in [0, 0.1) is 5.92 Å². The molecule has 1 atom stereocenters. The van der Waals surface area contributed by atoms with Crippen LogP contribution in [-0.2, 0) is 0 Å². The van der Waals surface area contributed by atoms with Gasteiger partial charge in [0.25, 0.3) is 5.91 Å². The summed E-state index contributed by atoms with van der Waals surface area (Å²) in [6, 6.07) is 3.86. The van der Waals surface area contributed by atoms with E-state index in [1.165, 1.54) is 12.1 Å². The van der Waals surface area contributed by atoms with E-state index >= 15 is 0 Å². The minimum absolute atomic E-state index is 0.0318.